The van der Waals surface area contributed by atoms with Crippen LogP contribution in [0.3, 0.4) is 0 Å². The maximum atomic E-state index is 12.7. The van der Waals surface area contributed by atoms with E-state index < -0.39 is 0 Å². The van der Waals surface area contributed by atoms with Crippen LogP contribution in [0.15, 0.2) is 39.0 Å². The molecule has 2 amide bonds. The second-order valence-electron chi connectivity index (χ2n) is 6.19. The monoisotopic (exact) mass is 406 g/mol. The van der Waals surface area contributed by atoms with Gasteiger partial charge in [0.1, 0.15) is 11.9 Å². The molecule has 1 unspecified atom stereocenters. The number of amides is 2. The number of hydrogen-bond donors (Lipinski definition) is 1. The van der Waals surface area contributed by atoms with E-state index >= 15 is 0 Å². The average molecular weight is 407 g/mol. The second kappa shape index (κ2) is 7.39. The van der Waals surface area contributed by atoms with Gasteiger partial charge < -0.3 is 9.94 Å². The fraction of sp³-hybridized carbons (Fsp3) is 0.389. The first kappa shape index (κ1) is 17.7. The van der Waals surface area contributed by atoms with Crippen LogP contribution in [0.2, 0.25) is 0 Å². The molecule has 0 radical (unpaired) electrons. The number of halogens is 1. The summed E-state index contributed by atoms with van der Waals surface area (Å²) >= 11 is 3.42. The molecule has 0 saturated heterocycles. The van der Waals surface area contributed by atoms with Crippen molar-refractivity contribution >= 4 is 39.6 Å². The number of carbonyl (C=O) groups excluding carboxylic acids is 2. The number of nitrogens with zero attached hydrogens (tertiary/aromatic N) is 2. The molecule has 1 heterocycles. The van der Waals surface area contributed by atoms with Gasteiger partial charge in [-0.2, -0.15) is 0 Å². The Morgan fingerprint density at radius 3 is 2.52 bits per heavy atom. The summed E-state index contributed by atoms with van der Waals surface area (Å²) in [5.74, 6) is 0.101. The predicted molar refractivity (Wildman–Crippen MR) is 97.1 cm³/mol. The molecule has 0 spiro atoms. The topological polar surface area (TPSA) is 79.2 Å². The molecule has 1 aromatic rings. The zero-order valence-electron chi connectivity index (χ0n) is 13.9. The minimum absolute atomic E-state index is 0.214. The van der Waals surface area contributed by atoms with E-state index in [1.165, 1.54) is 11.1 Å². The largest absolute Gasteiger partial charge is 0.489 e. The van der Waals surface area contributed by atoms with Gasteiger partial charge in [-0.05, 0) is 60.7 Å². The van der Waals surface area contributed by atoms with Crippen molar-refractivity contribution in [1.29, 1.82) is 0 Å². The van der Waals surface area contributed by atoms with E-state index in [9.17, 15) is 9.59 Å². The van der Waals surface area contributed by atoms with Gasteiger partial charge in [0, 0.05) is 29.8 Å². The summed E-state index contributed by atoms with van der Waals surface area (Å²) < 4.78 is 6.55. The molecule has 25 heavy (non-hydrogen) atoms. The lowest BCUT2D eigenvalue weighted by Crippen LogP contribution is -2.31. The van der Waals surface area contributed by atoms with Crippen LogP contribution in [0.5, 0.6) is 5.75 Å². The summed E-state index contributed by atoms with van der Waals surface area (Å²) in [7, 11) is 0. The van der Waals surface area contributed by atoms with Gasteiger partial charge in [-0.1, -0.05) is 0 Å². The summed E-state index contributed by atoms with van der Waals surface area (Å²) in [4.78, 5) is 26.6. The third-order valence-electron chi connectivity index (χ3n) is 4.41. The Balaban J connectivity index is 1.85. The van der Waals surface area contributed by atoms with E-state index in [2.05, 4.69) is 21.1 Å². The Labute approximate surface area is 154 Å². The highest BCUT2D eigenvalue weighted by Crippen LogP contribution is 2.38. The van der Waals surface area contributed by atoms with Crippen molar-refractivity contribution in [3.05, 3.63) is 33.8 Å². The Morgan fingerprint density at radius 1 is 1.28 bits per heavy atom. The Morgan fingerprint density at radius 2 is 1.92 bits per heavy atom. The maximum Gasteiger partial charge on any atom is 0.261 e. The molecular formula is C18H19BrN2O4. The van der Waals surface area contributed by atoms with Crippen molar-refractivity contribution in [2.75, 3.05) is 4.90 Å². The van der Waals surface area contributed by atoms with Crippen molar-refractivity contribution in [2.24, 2.45) is 5.16 Å². The number of anilines is 1. The third kappa shape index (κ3) is 3.46. The number of rotatable bonds is 5. The molecule has 1 aliphatic carbocycles. The quantitative estimate of drug-likeness (QED) is 0.349. The van der Waals surface area contributed by atoms with E-state index in [1.54, 1.807) is 18.2 Å². The van der Waals surface area contributed by atoms with Gasteiger partial charge >= 0.3 is 0 Å². The van der Waals surface area contributed by atoms with Crippen LogP contribution in [0.1, 0.15) is 39.0 Å². The molecule has 1 aromatic carbocycles. The fourth-order valence-electron chi connectivity index (χ4n) is 3.16. The van der Waals surface area contributed by atoms with Crippen LogP contribution in [0.4, 0.5) is 5.69 Å². The number of imide groups is 1. The van der Waals surface area contributed by atoms with Gasteiger partial charge in [-0.15, -0.1) is 5.16 Å². The third-order valence-corrected chi connectivity index (χ3v) is 5.07. The summed E-state index contributed by atoms with van der Waals surface area (Å²) in [6.45, 7) is 1.84. The number of hydrogen-bond acceptors (Lipinski definition) is 5. The first-order chi connectivity index (χ1) is 12.0. The average Bonchev–Trinajstić information content (AvgIpc) is 2.87. The molecule has 3 rings (SSSR count). The zero-order valence-corrected chi connectivity index (χ0v) is 15.5. The summed E-state index contributed by atoms with van der Waals surface area (Å²) in [5.41, 5.74) is 1.83. The van der Waals surface area contributed by atoms with Crippen LogP contribution in [-0.4, -0.2) is 29.3 Å². The van der Waals surface area contributed by atoms with Crippen LogP contribution in [0, 0.1) is 0 Å². The first-order valence-electron chi connectivity index (χ1n) is 8.26. The molecule has 6 nitrogen and oxygen atoms in total. The Kier molecular flexibility index (Phi) is 5.22. The number of oxime groups is 1. The van der Waals surface area contributed by atoms with E-state index in [1.807, 2.05) is 6.92 Å². The standard InChI is InChI=1S/C18H19BrN2O4/c1-11(8-9-20-24)25-16-10-12(6-7-15(16)19)21-17(22)13-4-2-3-5-14(13)18(21)23/h6-7,9-11,24H,2-5,8H2,1H3/b20-9-. The van der Waals surface area contributed by atoms with Crippen molar-refractivity contribution in [1.82, 2.24) is 0 Å². The second-order valence-corrected chi connectivity index (χ2v) is 7.04. The van der Waals surface area contributed by atoms with Crippen molar-refractivity contribution in [3.8, 4) is 5.75 Å². The molecule has 1 aliphatic heterocycles. The fourth-order valence-corrected chi connectivity index (χ4v) is 3.50. The SMILES string of the molecule is CC(C/C=N\O)Oc1cc(N2C(=O)C3=C(CCCC3)C2=O)ccc1Br. The number of ether oxygens (including phenoxy) is 1. The summed E-state index contributed by atoms with van der Waals surface area (Å²) in [5, 5.41) is 11.5. The lowest BCUT2D eigenvalue weighted by atomic mass is 9.93. The lowest BCUT2D eigenvalue weighted by Gasteiger charge is -2.19. The number of carbonyl (C=O) groups is 2. The molecule has 132 valence electrons. The minimum atomic E-state index is -0.223. The van der Waals surface area contributed by atoms with Gasteiger partial charge in [-0.3, -0.25) is 9.59 Å². The van der Waals surface area contributed by atoms with Gasteiger partial charge in [0.2, 0.25) is 0 Å². The van der Waals surface area contributed by atoms with Crippen molar-refractivity contribution in [3.63, 3.8) is 0 Å². The minimum Gasteiger partial charge on any atom is -0.489 e. The highest BCUT2D eigenvalue weighted by Gasteiger charge is 2.39. The molecule has 0 saturated carbocycles. The highest BCUT2D eigenvalue weighted by atomic mass is 79.9. The van der Waals surface area contributed by atoms with E-state index in [0.717, 1.165) is 17.3 Å². The van der Waals surface area contributed by atoms with Crippen LogP contribution < -0.4 is 9.64 Å². The molecular weight excluding hydrogens is 388 g/mol. The first-order valence-corrected chi connectivity index (χ1v) is 9.05. The zero-order chi connectivity index (χ0) is 18.0. The van der Waals surface area contributed by atoms with Crippen molar-refractivity contribution < 1.29 is 19.5 Å². The smallest absolute Gasteiger partial charge is 0.261 e. The van der Waals surface area contributed by atoms with Gasteiger partial charge in [0.15, 0.2) is 0 Å². The maximum absolute atomic E-state index is 12.7. The summed E-state index contributed by atoms with van der Waals surface area (Å²) in [6.07, 6.45) is 4.81. The van der Waals surface area contributed by atoms with Gasteiger partial charge in [0.25, 0.3) is 11.8 Å². The normalized spacial score (nSPS) is 18.9. The molecule has 1 N–H and O–H groups in total. The van der Waals surface area contributed by atoms with E-state index in [4.69, 9.17) is 9.94 Å². The van der Waals surface area contributed by atoms with Crippen LogP contribution in [-0.2, 0) is 9.59 Å². The predicted octanol–water partition coefficient (Wildman–Crippen LogP) is 3.81. The molecule has 7 heteroatoms. The Bertz CT molecular complexity index is 744. The number of benzene rings is 1. The van der Waals surface area contributed by atoms with Crippen LogP contribution >= 0.6 is 15.9 Å². The van der Waals surface area contributed by atoms with Gasteiger partial charge in [0.05, 0.1) is 10.2 Å². The van der Waals surface area contributed by atoms with Crippen molar-refractivity contribution in [2.45, 2.75) is 45.1 Å². The molecule has 1 atom stereocenters. The highest BCUT2D eigenvalue weighted by molar-refractivity contribution is 9.10. The van der Waals surface area contributed by atoms with Gasteiger partial charge in [-0.25, -0.2) is 4.90 Å². The Hall–Kier alpha value is -2.15. The van der Waals surface area contributed by atoms with Crippen LogP contribution in [0.25, 0.3) is 0 Å². The molecule has 0 aromatic heterocycles. The van der Waals surface area contributed by atoms with E-state index in [0.29, 0.717) is 41.8 Å². The molecule has 0 fully saturated rings. The summed E-state index contributed by atoms with van der Waals surface area (Å²) in [6, 6.07) is 5.17. The van der Waals surface area contributed by atoms with E-state index in [-0.39, 0.29) is 17.9 Å². The lowest BCUT2D eigenvalue weighted by molar-refractivity contribution is -0.120. The molecule has 0 bridgehead atoms. The molecule has 2 aliphatic rings.